The topological polar surface area (TPSA) is 75.7 Å². The molecule has 0 aromatic heterocycles. The molecule has 0 aliphatic rings. The average molecular weight is 443 g/mol. The van der Waals surface area contributed by atoms with Gasteiger partial charge < -0.3 is 4.74 Å². The molecule has 6 nitrogen and oxygen atoms in total. The molecule has 0 saturated heterocycles. The van der Waals surface area contributed by atoms with Gasteiger partial charge in [0.15, 0.2) is 0 Å². The molecule has 0 spiro atoms. The van der Waals surface area contributed by atoms with Gasteiger partial charge in [-0.15, -0.1) is 0 Å². The number of carbonyl (C=O) groups excluding carboxylic acids is 1. The standard InChI is InChI=1S/C22H19ClN2O4S/c1-29-21-13-7-17(8-14-21)15-16-30(27,28)24-22(26)25(19-5-3-2-4-6-19)20-11-9-18(23)10-12-20/h2-16H,1H3,(H,24,26)/b16-15+. The molecule has 154 valence electrons. The summed E-state index contributed by atoms with van der Waals surface area (Å²) in [5, 5.41) is 1.44. The zero-order valence-corrected chi connectivity index (χ0v) is 17.6. The van der Waals surface area contributed by atoms with Crippen LogP contribution in [0.25, 0.3) is 6.08 Å². The highest BCUT2D eigenvalue weighted by Crippen LogP contribution is 2.26. The van der Waals surface area contributed by atoms with Crippen molar-refractivity contribution in [3.63, 3.8) is 0 Å². The second-order valence-corrected chi connectivity index (χ2v) is 8.18. The Hall–Kier alpha value is -3.29. The third-order valence-corrected chi connectivity index (χ3v) is 5.29. The number of urea groups is 1. The monoisotopic (exact) mass is 442 g/mol. The molecule has 0 aliphatic carbocycles. The summed E-state index contributed by atoms with van der Waals surface area (Å²) in [6.45, 7) is 0. The zero-order chi connectivity index (χ0) is 21.6. The third kappa shape index (κ3) is 5.62. The summed E-state index contributed by atoms with van der Waals surface area (Å²) in [4.78, 5) is 14.2. The minimum Gasteiger partial charge on any atom is -0.497 e. The molecule has 3 aromatic rings. The fraction of sp³-hybridized carbons (Fsp3) is 0.0455. The Bertz CT molecular complexity index is 1130. The Morgan fingerprint density at radius 1 is 0.933 bits per heavy atom. The van der Waals surface area contributed by atoms with Crippen LogP contribution < -0.4 is 14.4 Å². The minimum atomic E-state index is -4.04. The van der Waals surface area contributed by atoms with E-state index in [-0.39, 0.29) is 0 Å². The summed E-state index contributed by atoms with van der Waals surface area (Å²) in [6.07, 6.45) is 1.39. The number of hydrogen-bond donors (Lipinski definition) is 1. The Balaban J connectivity index is 1.83. The fourth-order valence-electron chi connectivity index (χ4n) is 2.64. The third-order valence-electron chi connectivity index (χ3n) is 4.09. The van der Waals surface area contributed by atoms with Crippen LogP contribution in [0, 0.1) is 0 Å². The van der Waals surface area contributed by atoms with Crippen molar-refractivity contribution in [2.45, 2.75) is 0 Å². The first-order valence-electron chi connectivity index (χ1n) is 8.87. The molecule has 30 heavy (non-hydrogen) atoms. The highest BCUT2D eigenvalue weighted by molar-refractivity contribution is 7.93. The molecule has 3 rings (SSSR count). The van der Waals surface area contributed by atoms with Crippen LogP contribution in [0.2, 0.25) is 5.02 Å². The number of ether oxygens (including phenoxy) is 1. The molecule has 2 amide bonds. The van der Waals surface area contributed by atoms with Crippen molar-refractivity contribution < 1.29 is 17.9 Å². The number of methoxy groups -OCH3 is 1. The van der Waals surface area contributed by atoms with Crippen molar-refractivity contribution >= 4 is 45.1 Å². The fourth-order valence-corrected chi connectivity index (χ4v) is 3.50. The first-order valence-corrected chi connectivity index (χ1v) is 10.8. The van der Waals surface area contributed by atoms with Gasteiger partial charge in [-0.3, -0.25) is 4.90 Å². The molecule has 0 fully saturated rings. The van der Waals surface area contributed by atoms with E-state index in [1.165, 1.54) is 11.0 Å². The maximum absolute atomic E-state index is 12.9. The highest BCUT2D eigenvalue weighted by Gasteiger charge is 2.21. The number of benzene rings is 3. The predicted octanol–water partition coefficient (Wildman–Crippen LogP) is 5.20. The molecule has 0 unspecified atom stereocenters. The summed E-state index contributed by atoms with van der Waals surface area (Å²) in [6, 6.07) is 21.2. The summed E-state index contributed by atoms with van der Waals surface area (Å²) in [5.74, 6) is 0.657. The largest absolute Gasteiger partial charge is 0.497 e. The molecule has 0 bridgehead atoms. The number of halogens is 1. The average Bonchev–Trinajstić information content (AvgIpc) is 2.75. The van der Waals surface area contributed by atoms with Gasteiger partial charge in [-0.25, -0.2) is 17.9 Å². The normalized spacial score (nSPS) is 11.3. The molecule has 0 heterocycles. The Morgan fingerprint density at radius 2 is 1.53 bits per heavy atom. The van der Waals surface area contributed by atoms with E-state index in [9.17, 15) is 13.2 Å². The van der Waals surface area contributed by atoms with E-state index in [4.69, 9.17) is 16.3 Å². The molecule has 0 radical (unpaired) electrons. The number of rotatable bonds is 6. The van der Waals surface area contributed by atoms with E-state index in [2.05, 4.69) is 4.72 Å². The quantitative estimate of drug-likeness (QED) is 0.569. The van der Waals surface area contributed by atoms with Crippen LogP contribution in [0.3, 0.4) is 0 Å². The van der Waals surface area contributed by atoms with Gasteiger partial charge in [-0.1, -0.05) is 41.9 Å². The first-order chi connectivity index (χ1) is 14.4. The van der Waals surface area contributed by atoms with Gasteiger partial charge in [-0.05, 0) is 60.2 Å². The second kappa shape index (κ2) is 9.47. The predicted molar refractivity (Wildman–Crippen MR) is 120 cm³/mol. The van der Waals surface area contributed by atoms with E-state index >= 15 is 0 Å². The number of nitrogens with one attached hydrogen (secondary N) is 1. The van der Waals surface area contributed by atoms with Gasteiger partial charge in [-0.2, -0.15) is 0 Å². The molecular weight excluding hydrogens is 424 g/mol. The minimum absolute atomic E-state index is 0.470. The summed E-state index contributed by atoms with van der Waals surface area (Å²) < 4.78 is 32.1. The van der Waals surface area contributed by atoms with Crippen LogP contribution in [0.5, 0.6) is 5.75 Å². The van der Waals surface area contributed by atoms with E-state index in [1.54, 1.807) is 86.0 Å². The van der Waals surface area contributed by atoms with Crippen molar-refractivity contribution in [1.82, 2.24) is 4.72 Å². The number of carbonyl (C=O) groups is 1. The van der Waals surface area contributed by atoms with Crippen molar-refractivity contribution in [1.29, 1.82) is 0 Å². The van der Waals surface area contributed by atoms with Crippen molar-refractivity contribution in [2.75, 3.05) is 12.0 Å². The smallest absolute Gasteiger partial charge is 0.340 e. The number of amides is 2. The lowest BCUT2D eigenvalue weighted by Gasteiger charge is -2.23. The maximum atomic E-state index is 12.9. The number of anilines is 2. The van der Waals surface area contributed by atoms with E-state index in [0.717, 1.165) is 5.41 Å². The number of nitrogens with zero attached hydrogens (tertiary/aromatic N) is 1. The van der Waals surface area contributed by atoms with Gasteiger partial charge in [0.25, 0.3) is 10.0 Å². The lowest BCUT2D eigenvalue weighted by Crippen LogP contribution is -2.39. The van der Waals surface area contributed by atoms with Crippen LogP contribution in [0.1, 0.15) is 5.56 Å². The van der Waals surface area contributed by atoms with Crippen LogP contribution >= 0.6 is 11.6 Å². The SMILES string of the molecule is COc1ccc(/C=C/S(=O)(=O)NC(=O)N(c2ccccc2)c2ccc(Cl)cc2)cc1. The zero-order valence-electron chi connectivity index (χ0n) is 16.0. The molecule has 0 atom stereocenters. The Morgan fingerprint density at radius 3 is 2.13 bits per heavy atom. The Kier molecular flexibility index (Phi) is 6.76. The number of sulfonamides is 1. The van der Waals surface area contributed by atoms with Crippen molar-refractivity contribution in [2.24, 2.45) is 0 Å². The van der Waals surface area contributed by atoms with Gasteiger partial charge in [0, 0.05) is 5.02 Å². The van der Waals surface area contributed by atoms with Crippen molar-refractivity contribution in [3.8, 4) is 5.75 Å². The van der Waals surface area contributed by atoms with Crippen LogP contribution in [-0.4, -0.2) is 21.6 Å². The highest BCUT2D eigenvalue weighted by atomic mass is 35.5. The summed E-state index contributed by atoms with van der Waals surface area (Å²) in [7, 11) is -2.50. The van der Waals surface area contributed by atoms with Crippen LogP contribution in [0.4, 0.5) is 16.2 Å². The lowest BCUT2D eigenvalue weighted by molar-refractivity contribution is 0.253. The van der Waals surface area contributed by atoms with Crippen LogP contribution in [0.15, 0.2) is 84.3 Å². The van der Waals surface area contributed by atoms with Crippen molar-refractivity contribution in [3.05, 3.63) is 94.9 Å². The second-order valence-electron chi connectivity index (χ2n) is 6.18. The molecule has 8 heteroatoms. The Labute approximate surface area is 180 Å². The van der Waals surface area contributed by atoms with Gasteiger partial charge in [0.2, 0.25) is 0 Å². The molecular formula is C22H19ClN2O4S. The summed E-state index contributed by atoms with van der Waals surface area (Å²) in [5.41, 5.74) is 1.62. The van der Waals surface area contributed by atoms with Gasteiger partial charge in [0.05, 0.1) is 23.9 Å². The molecule has 0 aliphatic heterocycles. The van der Waals surface area contributed by atoms with Gasteiger partial charge >= 0.3 is 6.03 Å². The first kappa shape index (κ1) is 21.4. The number of hydrogen-bond acceptors (Lipinski definition) is 4. The van der Waals surface area contributed by atoms with E-state index in [1.807, 2.05) is 0 Å². The number of para-hydroxylation sites is 1. The summed E-state index contributed by atoms with van der Waals surface area (Å²) >= 11 is 5.93. The molecule has 3 aromatic carbocycles. The molecule has 1 N–H and O–H groups in total. The van der Waals surface area contributed by atoms with E-state index < -0.39 is 16.1 Å². The van der Waals surface area contributed by atoms with Gasteiger partial charge in [0.1, 0.15) is 5.75 Å². The molecule has 0 saturated carbocycles. The van der Waals surface area contributed by atoms with E-state index in [0.29, 0.717) is 27.7 Å². The maximum Gasteiger partial charge on any atom is 0.340 e. The lowest BCUT2D eigenvalue weighted by atomic mass is 10.2. The van der Waals surface area contributed by atoms with Crippen LogP contribution in [-0.2, 0) is 10.0 Å².